The Morgan fingerprint density at radius 3 is 2.61 bits per heavy atom. The SMILES string of the molecule is CC1=C(C(=O)OC(C)(C)C)C(c2ccccc2)Nc2nnnn21. The van der Waals surface area contributed by atoms with Crippen LogP contribution in [-0.2, 0) is 9.53 Å². The summed E-state index contributed by atoms with van der Waals surface area (Å²) in [4.78, 5) is 12.7. The van der Waals surface area contributed by atoms with E-state index in [-0.39, 0.29) is 12.0 Å². The normalized spacial score (nSPS) is 17.5. The molecule has 0 saturated heterocycles. The molecule has 0 saturated carbocycles. The molecule has 2 heterocycles. The van der Waals surface area contributed by atoms with Crippen LogP contribution in [0.15, 0.2) is 35.9 Å². The first-order valence-corrected chi connectivity index (χ1v) is 7.41. The van der Waals surface area contributed by atoms with Gasteiger partial charge in [0.25, 0.3) is 0 Å². The number of esters is 1. The van der Waals surface area contributed by atoms with Gasteiger partial charge in [0.1, 0.15) is 5.60 Å². The minimum Gasteiger partial charge on any atom is -0.456 e. The van der Waals surface area contributed by atoms with Gasteiger partial charge in [-0.25, -0.2) is 4.79 Å². The topological polar surface area (TPSA) is 81.9 Å². The van der Waals surface area contributed by atoms with Crippen LogP contribution in [-0.4, -0.2) is 31.8 Å². The Balaban J connectivity index is 2.09. The molecule has 0 amide bonds. The number of nitrogens with one attached hydrogen (secondary N) is 1. The third kappa shape index (κ3) is 2.94. The average Bonchev–Trinajstić information content (AvgIpc) is 2.95. The van der Waals surface area contributed by atoms with E-state index >= 15 is 0 Å². The molecule has 120 valence electrons. The summed E-state index contributed by atoms with van der Waals surface area (Å²) in [5, 5.41) is 14.8. The maximum absolute atomic E-state index is 12.7. The standard InChI is InChI=1S/C16H19N5O2/c1-10-12(14(22)23-16(2,3)4)13(11-8-6-5-7-9-11)17-15-18-19-20-21(10)15/h5-9,13H,1-4H3,(H,17,18,20). The highest BCUT2D eigenvalue weighted by Gasteiger charge is 2.34. The van der Waals surface area contributed by atoms with Crippen LogP contribution in [0.25, 0.3) is 5.70 Å². The monoisotopic (exact) mass is 313 g/mol. The fourth-order valence-electron chi connectivity index (χ4n) is 2.52. The summed E-state index contributed by atoms with van der Waals surface area (Å²) >= 11 is 0. The first kappa shape index (κ1) is 15.2. The van der Waals surface area contributed by atoms with Crippen molar-refractivity contribution < 1.29 is 9.53 Å². The van der Waals surface area contributed by atoms with E-state index in [1.807, 2.05) is 58.0 Å². The lowest BCUT2D eigenvalue weighted by molar-refractivity contribution is -0.150. The van der Waals surface area contributed by atoms with Gasteiger partial charge in [-0.15, -0.1) is 0 Å². The lowest BCUT2D eigenvalue weighted by Crippen LogP contribution is -2.32. The fraction of sp³-hybridized carbons (Fsp3) is 0.375. The molecule has 7 heteroatoms. The largest absolute Gasteiger partial charge is 0.456 e. The van der Waals surface area contributed by atoms with E-state index in [1.54, 1.807) is 0 Å². The van der Waals surface area contributed by atoms with E-state index in [2.05, 4.69) is 20.8 Å². The maximum atomic E-state index is 12.7. The number of ether oxygens (including phenoxy) is 1. The number of nitrogens with zero attached hydrogens (tertiary/aromatic N) is 4. The van der Waals surface area contributed by atoms with Crippen molar-refractivity contribution in [3.05, 3.63) is 41.5 Å². The summed E-state index contributed by atoms with van der Waals surface area (Å²) in [5.74, 6) is 0.126. The fourth-order valence-corrected chi connectivity index (χ4v) is 2.52. The first-order valence-electron chi connectivity index (χ1n) is 7.41. The molecule has 1 aromatic heterocycles. The number of aromatic nitrogens is 4. The molecular weight excluding hydrogens is 294 g/mol. The van der Waals surface area contributed by atoms with Gasteiger partial charge in [-0.3, -0.25) is 0 Å². The number of anilines is 1. The molecule has 0 aliphatic carbocycles. The van der Waals surface area contributed by atoms with Crippen molar-refractivity contribution in [1.29, 1.82) is 0 Å². The predicted octanol–water partition coefficient (Wildman–Crippen LogP) is 2.41. The zero-order chi connectivity index (χ0) is 16.6. The number of allylic oxidation sites excluding steroid dienone is 1. The van der Waals surface area contributed by atoms with Gasteiger partial charge in [-0.2, -0.15) is 4.68 Å². The summed E-state index contributed by atoms with van der Waals surface area (Å²) in [6, 6.07) is 9.33. The van der Waals surface area contributed by atoms with Gasteiger partial charge in [-0.05, 0) is 43.7 Å². The molecule has 1 aromatic carbocycles. The summed E-state index contributed by atoms with van der Waals surface area (Å²) in [6.45, 7) is 7.35. The Labute approximate surface area is 134 Å². The van der Waals surface area contributed by atoms with E-state index in [0.717, 1.165) is 5.56 Å². The predicted molar refractivity (Wildman–Crippen MR) is 85.4 cm³/mol. The van der Waals surface area contributed by atoms with E-state index in [9.17, 15) is 4.79 Å². The molecule has 1 N–H and O–H groups in total. The molecule has 0 fully saturated rings. The number of tetrazole rings is 1. The van der Waals surface area contributed by atoms with Crippen molar-refractivity contribution in [2.24, 2.45) is 0 Å². The Hall–Kier alpha value is -2.70. The first-order chi connectivity index (χ1) is 10.9. The quantitative estimate of drug-likeness (QED) is 0.857. The molecule has 3 rings (SSSR count). The van der Waals surface area contributed by atoms with Crippen LogP contribution < -0.4 is 5.32 Å². The number of fused-ring (bicyclic) bond motifs is 1. The number of carbonyl (C=O) groups excluding carboxylic acids is 1. The molecule has 0 radical (unpaired) electrons. The molecule has 1 atom stereocenters. The van der Waals surface area contributed by atoms with Crippen molar-refractivity contribution in [2.75, 3.05) is 5.32 Å². The highest BCUT2D eigenvalue weighted by atomic mass is 16.6. The van der Waals surface area contributed by atoms with E-state index in [4.69, 9.17) is 4.74 Å². The Morgan fingerprint density at radius 2 is 1.96 bits per heavy atom. The van der Waals surface area contributed by atoms with Crippen molar-refractivity contribution in [2.45, 2.75) is 39.3 Å². The molecule has 2 aromatic rings. The van der Waals surface area contributed by atoms with Crippen LogP contribution in [0.2, 0.25) is 0 Å². The Morgan fingerprint density at radius 1 is 1.26 bits per heavy atom. The van der Waals surface area contributed by atoms with Crippen LogP contribution in [0.1, 0.15) is 39.3 Å². The molecule has 1 aliphatic heterocycles. The Bertz CT molecular complexity index is 758. The Kier molecular flexibility index (Phi) is 3.63. The number of carbonyl (C=O) groups is 1. The highest BCUT2D eigenvalue weighted by Crippen LogP contribution is 2.35. The van der Waals surface area contributed by atoms with Crippen molar-refractivity contribution in [3.63, 3.8) is 0 Å². The lowest BCUT2D eigenvalue weighted by Gasteiger charge is -2.29. The molecular formula is C16H19N5O2. The zero-order valence-electron chi connectivity index (χ0n) is 13.6. The summed E-state index contributed by atoms with van der Waals surface area (Å²) < 4.78 is 7.08. The van der Waals surface area contributed by atoms with Crippen LogP contribution in [0.5, 0.6) is 0 Å². The third-order valence-corrected chi connectivity index (χ3v) is 3.49. The zero-order valence-corrected chi connectivity index (χ0v) is 13.6. The number of rotatable bonds is 2. The van der Waals surface area contributed by atoms with Crippen LogP contribution in [0.4, 0.5) is 5.95 Å². The van der Waals surface area contributed by atoms with Gasteiger partial charge in [-0.1, -0.05) is 35.4 Å². The van der Waals surface area contributed by atoms with Gasteiger partial charge in [0, 0.05) is 0 Å². The molecule has 1 unspecified atom stereocenters. The molecule has 0 bridgehead atoms. The second kappa shape index (κ2) is 5.49. The molecule has 0 spiro atoms. The molecule has 23 heavy (non-hydrogen) atoms. The van der Waals surface area contributed by atoms with Gasteiger partial charge in [0.2, 0.25) is 5.95 Å². The van der Waals surface area contributed by atoms with E-state index in [1.165, 1.54) is 4.68 Å². The van der Waals surface area contributed by atoms with E-state index in [0.29, 0.717) is 17.2 Å². The van der Waals surface area contributed by atoms with Crippen LogP contribution in [0.3, 0.4) is 0 Å². The summed E-state index contributed by atoms with van der Waals surface area (Å²) in [5.41, 5.74) is 1.53. The average molecular weight is 313 g/mol. The van der Waals surface area contributed by atoms with Crippen LogP contribution >= 0.6 is 0 Å². The van der Waals surface area contributed by atoms with E-state index < -0.39 is 5.60 Å². The van der Waals surface area contributed by atoms with Gasteiger partial charge < -0.3 is 10.1 Å². The summed E-state index contributed by atoms with van der Waals surface area (Å²) in [6.07, 6.45) is 0. The molecule has 1 aliphatic rings. The third-order valence-electron chi connectivity index (χ3n) is 3.49. The van der Waals surface area contributed by atoms with Crippen LogP contribution in [0, 0.1) is 0 Å². The minimum atomic E-state index is -0.577. The van der Waals surface area contributed by atoms with Crippen molar-refractivity contribution >= 4 is 17.6 Å². The number of hydrogen-bond donors (Lipinski definition) is 1. The number of hydrogen-bond acceptors (Lipinski definition) is 6. The smallest absolute Gasteiger partial charge is 0.338 e. The van der Waals surface area contributed by atoms with Crippen molar-refractivity contribution in [3.8, 4) is 0 Å². The summed E-state index contributed by atoms with van der Waals surface area (Å²) in [7, 11) is 0. The van der Waals surface area contributed by atoms with Gasteiger partial charge in [0.05, 0.1) is 17.3 Å². The lowest BCUT2D eigenvalue weighted by atomic mass is 9.95. The second-order valence-electron chi connectivity index (χ2n) is 6.40. The minimum absolute atomic E-state index is 0.357. The van der Waals surface area contributed by atoms with Gasteiger partial charge >= 0.3 is 5.97 Å². The maximum Gasteiger partial charge on any atom is 0.338 e. The second-order valence-corrected chi connectivity index (χ2v) is 6.40. The highest BCUT2D eigenvalue weighted by molar-refractivity contribution is 5.97. The van der Waals surface area contributed by atoms with Gasteiger partial charge in [0.15, 0.2) is 0 Å². The molecule has 7 nitrogen and oxygen atoms in total. The number of benzene rings is 1. The van der Waals surface area contributed by atoms with Crippen molar-refractivity contribution in [1.82, 2.24) is 20.2 Å².